The third kappa shape index (κ3) is 5.19. The van der Waals surface area contributed by atoms with Gasteiger partial charge in [0.1, 0.15) is 0 Å². The molecule has 5 nitrogen and oxygen atoms in total. The molecule has 2 rings (SSSR count). The zero-order chi connectivity index (χ0) is 16.3. The number of carbonyl (C=O) groups is 2. The fourth-order valence-corrected chi connectivity index (χ4v) is 3.25. The minimum absolute atomic E-state index is 0. The molecule has 7 heteroatoms. The minimum Gasteiger partial charge on any atom is -0.481 e. The van der Waals surface area contributed by atoms with Crippen LogP contribution in [0.1, 0.15) is 25.3 Å². The lowest BCUT2D eigenvalue weighted by Crippen LogP contribution is -2.47. The second kappa shape index (κ2) is 8.66. The van der Waals surface area contributed by atoms with Crippen molar-refractivity contribution >= 4 is 45.9 Å². The minimum atomic E-state index is -0.736. The van der Waals surface area contributed by atoms with Gasteiger partial charge in [0.25, 0.3) is 0 Å². The first-order valence-electron chi connectivity index (χ1n) is 7.42. The Morgan fingerprint density at radius 1 is 1.35 bits per heavy atom. The van der Waals surface area contributed by atoms with Gasteiger partial charge in [0.05, 0.1) is 17.6 Å². The summed E-state index contributed by atoms with van der Waals surface area (Å²) in [6.07, 6.45) is 1.20. The fraction of sp³-hybridized carbons (Fsp3) is 0.500. The summed E-state index contributed by atoms with van der Waals surface area (Å²) in [6, 6.07) is 5.51. The number of carbonyl (C=O) groups excluding carboxylic acids is 1. The molecule has 1 aliphatic rings. The molecule has 1 fully saturated rings. The summed E-state index contributed by atoms with van der Waals surface area (Å²) >= 11 is 3.45. The molecule has 0 spiro atoms. The zero-order valence-corrected chi connectivity index (χ0v) is 15.6. The topological polar surface area (TPSA) is 69.6 Å². The average Bonchev–Trinajstić information content (AvgIpc) is 2.49. The van der Waals surface area contributed by atoms with Crippen LogP contribution in [0.2, 0.25) is 0 Å². The summed E-state index contributed by atoms with van der Waals surface area (Å²) in [5.74, 6) is -1.09. The highest BCUT2D eigenvalue weighted by atomic mass is 79.9. The normalized spacial score (nSPS) is 17.2. The van der Waals surface area contributed by atoms with Crippen LogP contribution in [0.5, 0.6) is 0 Å². The lowest BCUT2D eigenvalue weighted by atomic mass is 9.96. The Morgan fingerprint density at radius 2 is 1.96 bits per heavy atom. The van der Waals surface area contributed by atoms with Crippen molar-refractivity contribution in [2.24, 2.45) is 5.92 Å². The molecule has 0 aliphatic carbocycles. The molecule has 1 unspecified atom stereocenters. The van der Waals surface area contributed by atoms with Gasteiger partial charge in [0.2, 0.25) is 5.91 Å². The van der Waals surface area contributed by atoms with Gasteiger partial charge in [-0.25, -0.2) is 0 Å². The van der Waals surface area contributed by atoms with E-state index in [9.17, 15) is 9.59 Å². The third-order valence-electron chi connectivity index (χ3n) is 4.19. The van der Waals surface area contributed by atoms with Crippen molar-refractivity contribution < 1.29 is 14.7 Å². The van der Waals surface area contributed by atoms with E-state index in [2.05, 4.69) is 21.2 Å². The summed E-state index contributed by atoms with van der Waals surface area (Å²) in [5, 5.41) is 11.9. The van der Waals surface area contributed by atoms with Crippen LogP contribution in [0.15, 0.2) is 22.7 Å². The highest BCUT2D eigenvalue weighted by Gasteiger charge is 2.29. The molecule has 1 aromatic rings. The van der Waals surface area contributed by atoms with Crippen molar-refractivity contribution in [3.63, 3.8) is 0 Å². The maximum atomic E-state index is 12.4. The molecular weight excluding hydrogens is 384 g/mol. The number of nitrogens with one attached hydrogen (secondary N) is 1. The zero-order valence-electron chi connectivity index (χ0n) is 13.2. The Balaban J connectivity index is 0.00000264. The lowest BCUT2D eigenvalue weighted by molar-refractivity contribution is -0.143. The molecule has 0 aromatic heterocycles. The fourth-order valence-electron chi connectivity index (χ4n) is 2.66. The second-order valence-electron chi connectivity index (χ2n) is 5.80. The predicted molar refractivity (Wildman–Crippen MR) is 96.2 cm³/mol. The first-order chi connectivity index (χ1) is 10.4. The number of amides is 1. The first kappa shape index (κ1) is 19.9. The van der Waals surface area contributed by atoms with Crippen molar-refractivity contribution in [1.29, 1.82) is 0 Å². The Morgan fingerprint density at radius 3 is 2.48 bits per heavy atom. The summed E-state index contributed by atoms with van der Waals surface area (Å²) in [4.78, 5) is 25.4. The van der Waals surface area contributed by atoms with Gasteiger partial charge in [-0.05, 0) is 73.4 Å². The van der Waals surface area contributed by atoms with Crippen LogP contribution in [0, 0.1) is 12.8 Å². The van der Waals surface area contributed by atoms with E-state index in [1.807, 2.05) is 36.9 Å². The largest absolute Gasteiger partial charge is 0.481 e. The molecule has 2 N–H and O–H groups in total. The number of carboxylic acid groups (broad SMARTS) is 1. The van der Waals surface area contributed by atoms with Gasteiger partial charge in [0, 0.05) is 4.47 Å². The van der Waals surface area contributed by atoms with E-state index in [0.29, 0.717) is 25.9 Å². The summed E-state index contributed by atoms with van der Waals surface area (Å²) < 4.78 is 0.859. The molecule has 23 heavy (non-hydrogen) atoms. The molecule has 1 amide bonds. The van der Waals surface area contributed by atoms with Gasteiger partial charge in [-0.1, -0.05) is 6.07 Å². The van der Waals surface area contributed by atoms with Crippen LogP contribution in [-0.4, -0.2) is 41.0 Å². The van der Waals surface area contributed by atoms with Crippen molar-refractivity contribution in [1.82, 2.24) is 4.90 Å². The lowest BCUT2D eigenvalue weighted by Gasteiger charge is -2.33. The van der Waals surface area contributed by atoms with E-state index >= 15 is 0 Å². The monoisotopic (exact) mass is 404 g/mol. The number of aliphatic carboxylic acids is 1. The summed E-state index contributed by atoms with van der Waals surface area (Å²) in [5.41, 5.74) is 1.87. The molecule has 1 saturated heterocycles. The Hall–Kier alpha value is -1.11. The number of anilines is 1. The SMILES string of the molecule is Cc1ccc(NC(=O)C(C)N2CCC(C(=O)O)CC2)c(Br)c1.Cl. The summed E-state index contributed by atoms with van der Waals surface area (Å²) in [6.45, 7) is 5.13. The first-order valence-corrected chi connectivity index (χ1v) is 8.21. The van der Waals surface area contributed by atoms with Crippen molar-refractivity contribution in [2.45, 2.75) is 32.7 Å². The van der Waals surface area contributed by atoms with Gasteiger partial charge in [-0.2, -0.15) is 0 Å². The molecular formula is C16H22BrClN2O3. The van der Waals surface area contributed by atoms with E-state index in [1.165, 1.54) is 0 Å². The number of piperidine rings is 1. The molecule has 0 radical (unpaired) electrons. The molecule has 1 aromatic carbocycles. The maximum Gasteiger partial charge on any atom is 0.306 e. The van der Waals surface area contributed by atoms with E-state index in [-0.39, 0.29) is 30.3 Å². The number of nitrogens with zero attached hydrogens (tertiary/aromatic N) is 1. The van der Waals surface area contributed by atoms with Crippen LogP contribution in [-0.2, 0) is 9.59 Å². The highest BCUT2D eigenvalue weighted by molar-refractivity contribution is 9.10. The van der Waals surface area contributed by atoms with E-state index in [1.54, 1.807) is 0 Å². The highest BCUT2D eigenvalue weighted by Crippen LogP contribution is 2.24. The number of carboxylic acids is 1. The summed E-state index contributed by atoms with van der Waals surface area (Å²) in [7, 11) is 0. The standard InChI is InChI=1S/C16H21BrN2O3.ClH/c1-10-3-4-14(13(17)9-10)18-15(20)11(2)19-7-5-12(6-8-19)16(21)22;/h3-4,9,11-12H,5-8H2,1-2H3,(H,18,20)(H,21,22);1H. The van der Waals surface area contributed by atoms with Crippen LogP contribution in [0.3, 0.4) is 0 Å². The smallest absolute Gasteiger partial charge is 0.306 e. The van der Waals surface area contributed by atoms with Crippen LogP contribution in [0.4, 0.5) is 5.69 Å². The molecule has 0 saturated carbocycles. The van der Waals surface area contributed by atoms with E-state index in [4.69, 9.17) is 5.11 Å². The maximum absolute atomic E-state index is 12.4. The van der Waals surface area contributed by atoms with Crippen molar-refractivity contribution in [3.8, 4) is 0 Å². The van der Waals surface area contributed by atoms with Crippen molar-refractivity contribution in [3.05, 3.63) is 28.2 Å². The van der Waals surface area contributed by atoms with Gasteiger partial charge < -0.3 is 10.4 Å². The average molecular weight is 406 g/mol. The van der Waals surface area contributed by atoms with Gasteiger partial charge >= 0.3 is 5.97 Å². The molecule has 1 heterocycles. The van der Waals surface area contributed by atoms with Crippen LogP contribution >= 0.6 is 28.3 Å². The Labute approximate surface area is 151 Å². The number of hydrogen-bond acceptors (Lipinski definition) is 3. The van der Waals surface area contributed by atoms with Crippen LogP contribution in [0.25, 0.3) is 0 Å². The van der Waals surface area contributed by atoms with Gasteiger partial charge in [-0.3, -0.25) is 14.5 Å². The Bertz CT molecular complexity index is 574. The molecule has 1 aliphatic heterocycles. The number of aryl methyl sites for hydroxylation is 1. The van der Waals surface area contributed by atoms with Gasteiger partial charge in [-0.15, -0.1) is 12.4 Å². The quantitative estimate of drug-likeness (QED) is 0.806. The number of likely N-dealkylation sites (tertiary alicyclic amines) is 1. The predicted octanol–water partition coefficient (Wildman–Crippen LogP) is 3.30. The molecule has 0 bridgehead atoms. The number of rotatable bonds is 4. The van der Waals surface area contributed by atoms with E-state index < -0.39 is 5.97 Å². The van der Waals surface area contributed by atoms with Gasteiger partial charge in [0.15, 0.2) is 0 Å². The molecule has 128 valence electrons. The third-order valence-corrected chi connectivity index (χ3v) is 4.84. The van der Waals surface area contributed by atoms with Crippen molar-refractivity contribution in [2.75, 3.05) is 18.4 Å². The number of halogens is 2. The Kier molecular flexibility index (Phi) is 7.51. The molecule has 1 atom stereocenters. The number of benzene rings is 1. The van der Waals surface area contributed by atoms with E-state index in [0.717, 1.165) is 15.7 Å². The number of hydrogen-bond donors (Lipinski definition) is 2. The second-order valence-corrected chi connectivity index (χ2v) is 6.65. The van der Waals surface area contributed by atoms with Crippen LogP contribution < -0.4 is 5.32 Å².